The Hall–Kier alpha value is -1.19. The van der Waals surface area contributed by atoms with Crippen LogP contribution < -0.4 is 5.32 Å². The van der Waals surface area contributed by atoms with Gasteiger partial charge in [0.15, 0.2) is 0 Å². The van der Waals surface area contributed by atoms with Gasteiger partial charge in [-0.05, 0) is 35.7 Å². The summed E-state index contributed by atoms with van der Waals surface area (Å²) in [5, 5.41) is 3.36. The van der Waals surface area contributed by atoms with Crippen molar-refractivity contribution in [2.24, 2.45) is 0 Å². The molecule has 1 nitrogen and oxygen atoms in total. The molecule has 1 aromatic carbocycles. The van der Waals surface area contributed by atoms with Gasteiger partial charge in [-0.25, -0.2) is 4.39 Å². The number of nitrogens with one attached hydrogen (secondary N) is 1. The third-order valence-corrected chi connectivity index (χ3v) is 4.16. The highest BCUT2D eigenvalue weighted by molar-refractivity contribution is 7.15. The maximum absolute atomic E-state index is 12.8. The van der Waals surface area contributed by atoms with E-state index in [1.54, 1.807) is 0 Å². The minimum Gasteiger partial charge on any atom is -0.312 e. The van der Waals surface area contributed by atoms with E-state index in [-0.39, 0.29) is 5.82 Å². The van der Waals surface area contributed by atoms with Gasteiger partial charge in [-0.1, -0.05) is 12.1 Å². The number of thiophene rings is 1. The molecule has 1 aliphatic heterocycles. The molecule has 1 aliphatic rings. The molecule has 3 heteroatoms. The summed E-state index contributed by atoms with van der Waals surface area (Å²) in [6.07, 6.45) is 1.11. The topological polar surface area (TPSA) is 12.0 Å². The van der Waals surface area contributed by atoms with Gasteiger partial charge >= 0.3 is 0 Å². The van der Waals surface area contributed by atoms with Crippen LogP contribution in [0.4, 0.5) is 4.39 Å². The fraction of sp³-hybridized carbons (Fsp3) is 0.231. The van der Waals surface area contributed by atoms with Crippen LogP contribution in [0.2, 0.25) is 0 Å². The predicted molar refractivity (Wildman–Crippen MR) is 65.1 cm³/mol. The number of rotatable bonds is 1. The lowest BCUT2D eigenvalue weighted by Crippen LogP contribution is -2.21. The van der Waals surface area contributed by atoms with Crippen molar-refractivity contribution in [1.82, 2.24) is 5.32 Å². The molecule has 0 bridgehead atoms. The van der Waals surface area contributed by atoms with Crippen LogP contribution in [0.25, 0.3) is 10.4 Å². The Morgan fingerprint density at radius 1 is 1.19 bits per heavy atom. The second kappa shape index (κ2) is 4.00. The summed E-state index contributed by atoms with van der Waals surface area (Å²) in [7, 11) is 0. The van der Waals surface area contributed by atoms with Crippen molar-refractivity contribution < 1.29 is 4.39 Å². The lowest BCUT2D eigenvalue weighted by atomic mass is 10.1. The van der Waals surface area contributed by atoms with E-state index in [1.165, 1.54) is 27.5 Å². The summed E-state index contributed by atoms with van der Waals surface area (Å²) < 4.78 is 12.8. The van der Waals surface area contributed by atoms with E-state index in [1.807, 2.05) is 23.5 Å². The highest BCUT2D eigenvalue weighted by Gasteiger charge is 2.13. The molecule has 3 rings (SSSR count). The molecule has 82 valence electrons. The highest BCUT2D eigenvalue weighted by atomic mass is 32.1. The molecule has 0 unspecified atom stereocenters. The lowest BCUT2D eigenvalue weighted by molar-refractivity contribution is 0.628. The van der Waals surface area contributed by atoms with Crippen LogP contribution in [0.1, 0.15) is 10.4 Å². The molecule has 1 N–H and O–H groups in total. The van der Waals surface area contributed by atoms with Crippen LogP contribution in [0.5, 0.6) is 0 Å². The SMILES string of the molecule is Fc1ccc(-c2cc3c(s2)CCNC3)cc1. The van der Waals surface area contributed by atoms with Crippen molar-refractivity contribution in [3.8, 4) is 10.4 Å². The average Bonchev–Trinajstić information content (AvgIpc) is 2.73. The molecular weight excluding hydrogens is 221 g/mol. The second-order valence-electron chi connectivity index (χ2n) is 3.99. The zero-order chi connectivity index (χ0) is 11.0. The van der Waals surface area contributed by atoms with Crippen LogP contribution in [0.3, 0.4) is 0 Å². The molecule has 0 saturated heterocycles. The maximum Gasteiger partial charge on any atom is 0.123 e. The largest absolute Gasteiger partial charge is 0.312 e. The third-order valence-electron chi connectivity index (χ3n) is 2.87. The maximum atomic E-state index is 12.8. The Morgan fingerprint density at radius 3 is 2.75 bits per heavy atom. The Labute approximate surface area is 97.9 Å². The zero-order valence-corrected chi connectivity index (χ0v) is 9.61. The van der Waals surface area contributed by atoms with Gasteiger partial charge in [0.05, 0.1) is 0 Å². The molecule has 0 saturated carbocycles. The Bertz CT molecular complexity index is 478. The summed E-state index contributed by atoms with van der Waals surface area (Å²) in [6, 6.07) is 8.96. The number of benzene rings is 1. The van der Waals surface area contributed by atoms with Crippen LogP contribution in [0, 0.1) is 5.82 Å². The summed E-state index contributed by atoms with van der Waals surface area (Å²) in [6.45, 7) is 2.03. The van der Waals surface area contributed by atoms with Crippen LogP contribution >= 0.6 is 11.3 Å². The van der Waals surface area contributed by atoms with E-state index in [2.05, 4.69) is 11.4 Å². The van der Waals surface area contributed by atoms with Gasteiger partial charge < -0.3 is 5.32 Å². The quantitative estimate of drug-likeness (QED) is 0.797. The van der Waals surface area contributed by atoms with E-state index < -0.39 is 0 Å². The number of halogens is 1. The fourth-order valence-corrected chi connectivity index (χ4v) is 3.20. The number of hydrogen-bond acceptors (Lipinski definition) is 2. The van der Waals surface area contributed by atoms with Crippen LogP contribution in [0.15, 0.2) is 30.3 Å². The molecular formula is C13H12FNS. The standard InChI is InChI=1S/C13H12FNS/c14-11-3-1-9(2-4-11)13-7-10-8-15-6-5-12(10)16-13/h1-4,7,15H,5-6,8H2. The Morgan fingerprint density at radius 2 is 2.00 bits per heavy atom. The van der Waals surface area contributed by atoms with Crippen LogP contribution in [-0.2, 0) is 13.0 Å². The molecule has 0 radical (unpaired) electrons. The molecule has 2 heterocycles. The van der Waals surface area contributed by atoms with E-state index in [9.17, 15) is 4.39 Å². The van der Waals surface area contributed by atoms with Gasteiger partial charge in [-0.2, -0.15) is 0 Å². The smallest absolute Gasteiger partial charge is 0.123 e. The highest BCUT2D eigenvalue weighted by Crippen LogP contribution is 2.33. The van der Waals surface area contributed by atoms with Gasteiger partial charge in [0.25, 0.3) is 0 Å². The normalized spacial score (nSPS) is 14.8. The zero-order valence-electron chi connectivity index (χ0n) is 8.79. The molecule has 0 aliphatic carbocycles. The predicted octanol–water partition coefficient (Wildman–Crippen LogP) is 3.20. The first kappa shape index (κ1) is 10.00. The number of hydrogen-bond donors (Lipinski definition) is 1. The van der Waals surface area contributed by atoms with Gasteiger partial charge in [-0.15, -0.1) is 11.3 Å². The second-order valence-corrected chi connectivity index (χ2v) is 5.13. The lowest BCUT2D eigenvalue weighted by Gasteiger charge is -2.10. The molecule has 0 fully saturated rings. The molecule has 0 amide bonds. The fourth-order valence-electron chi connectivity index (χ4n) is 2.01. The molecule has 16 heavy (non-hydrogen) atoms. The monoisotopic (exact) mass is 233 g/mol. The van der Waals surface area contributed by atoms with Crippen molar-refractivity contribution in [2.75, 3.05) is 6.54 Å². The molecule has 0 spiro atoms. The van der Waals surface area contributed by atoms with Gasteiger partial charge in [0.2, 0.25) is 0 Å². The van der Waals surface area contributed by atoms with Gasteiger partial charge in [0, 0.05) is 22.8 Å². The third kappa shape index (κ3) is 1.77. The summed E-state index contributed by atoms with van der Waals surface area (Å²) >= 11 is 1.83. The van der Waals surface area contributed by atoms with Crippen molar-refractivity contribution in [1.29, 1.82) is 0 Å². The van der Waals surface area contributed by atoms with Crippen LogP contribution in [-0.4, -0.2) is 6.54 Å². The van der Waals surface area contributed by atoms with Crippen molar-refractivity contribution in [3.63, 3.8) is 0 Å². The minimum absolute atomic E-state index is 0.174. The Balaban J connectivity index is 2.00. The van der Waals surface area contributed by atoms with E-state index in [0.717, 1.165) is 25.1 Å². The Kier molecular flexibility index (Phi) is 2.50. The van der Waals surface area contributed by atoms with E-state index >= 15 is 0 Å². The first-order valence-corrected chi connectivity index (χ1v) is 6.23. The van der Waals surface area contributed by atoms with Crippen molar-refractivity contribution in [3.05, 3.63) is 46.6 Å². The van der Waals surface area contributed by atoms with E-state index in [4.69, 9.17) is 0 Å². The molecule has 2 aromatic rings. The van der Waals surface area contributed by atoms with E-state index in [0.29, 0.717) is 0 Å². The number of fused-ring (bicyclic) bond motifs is 1. The van der Waals surface area contributed by atoms with Crippen molar-refractivity contribution in [2.45, 2.75) is 13.0 Å². The summed E-state index contributed by atoms with van der Waals surface area (Å²) in [4.78, 5) is 2.71. The van der Waals surface area contributed by atoms with Gasteiger partial charge in [0.1, 0.15) is 5.82 Å². The summed E-state index contributed by atoms with van der Waals surface area (Å²) in [5.41, 5.74) is 2.51. The summed E-state index contributed by atoms with van der Waals surface area (Å²) in [5.74, 6) is -0.174. The minimum atomic E-state index is -0.174. The van der Waals surface area contributed by atoms with Crippen molar-refractivity contribution >= 4 is 11.3 Å². The average molecular weight is 233 g/mol. The first-order valence-electron chi connectivity index (χ1n) is 5.41. The first-order chi connectivity index (χ1) is 7.83. The van der Waals surface area contributed by atoms with Gasteiger partial charge in [-0.3, -0.25) is 0 Å². The molecule has 1 aromatic heterocycles. The molecule has 0 atom stereocenters.